The van der Waals surface area contributed by atoms with Crippen LogP contribution in [0.25, 0.3) is 0 Å². The van der Waals surface area contributed by atoms with Crippen LogP contribution >= 0.6 is 0 Å². The first-order valence-electron chi connectivity index (χ1n) is 7.21. The van der Waals surface area contributed by atoms with Crippen LogP contribution in [0.3, 0.4) is 0 Å². The average molecular weight is 271 g/mol. The normalized spacial score (nSPS) is 15.3. The third kappa shape index (κ3) is 2.49. The number of aromatic nitrogens is 2. The number of hydrogen-bond acceptors (Lipinski definition) is 3. The highest BCUT2D eigenvalue weighted by atomic mass is 16.5. The lowest BCUT2D eigenvalue weighted by Gasteiger charge is -2.16. The smallest absolute Gasteiger partial charge is 0.0725 e. The maximum absolute atomic E-state index is 5.49. The summed E-state index contributed by atoms with van der Waals surface area (Å²) in [5.41, 5.74) is 5.10. The van der Waals surface area contributed by atoms with Gasteiger partial charge in [0.2, 0.25) is 0 Å². The first-order chi connectivity index (χ1) is 9.81. The highest BCUT2D eigenvalue weighted by Crippen LogP contribution is 2.27. The summed E-state index contributed by atoms with van der Waals surface area (Å²) in [7, 11) is 1.99. The fraction of sp³-hybridized carbons (Fsp3) is 0.438. The standard InChI is InChI=1S/C16H21N3O/c1-3-6-19-9-15(8-18-19)16(17-2)12-4-5-13-10-20-11-14(13)7-12/h4-5,7-9,16-17H,3,6,10-11H2,1-2H3. The zero-order valence-electron chi connectivity index (χ0n) is 12.1. The van der Waals surface area contributed by atoms with Gasteiger partial charge in [-0.1, -0.05) is 25.1 Å². The first-order valence-corrected chi connectivity index (χ1v) is 7.21. The van der Waals surface area contributed by atoms with Crippen LogP contribution in [0.5, 0.6) is 0 Å². The van der Waals surface area contributed by atoms with Gasteiger partial charge in [0.25, 0.3) is 0 Å². The second kappa shape index (κ2) is 5.77. The predicted molar refractivity (Wildman–Crippen MR) is 78.4 cm³/mol. The Morgan fingerprint density at radius 3 is 2.95 bits per heavy atom. The molecule has 1 N–H and O–H groups in total. The van der Waals surface area contributed by atoms with Crippen molar-refractivity contribution in [1.29, 1.82) is 0 Å². The topological polar surface area (TPSA) is 39.1 Å². The molecule has 2 heterocycles. The quantitative estimate of drug-likeness (QED) is 0.908. The summed E-state index contributed by atoms with van der Waals surface area (Å²) in [6.45, 7) is 4.61. The van der Waals surface area contributed by atoms with Gasteiger partial charge in [-0.2, -0.15) is 5.10 Å². The van der Waals surface area contributed by atoms with Crippen molar-refractivity contribution in [3.63, 3.8) is 0 Å². The number of benzene rings is 1. The fourth-order valence-corrected chi connectivity index (χ4v) is 2.78. The Bertz CT molecular complexity index is 591. The monoisotopic (exact) mass is 271 g/mol. The van der Waals surface area contributed by atoms with E-state index in [-0.39, 0.29) is 6.04 Å². The van der Waals surface area contributed by atoms with Crippen LogP contribution in [-0.2, 0) is 24.5 Å². The summed E-state index contributed by atoms with van der Waals surface area (Å²) in [6, 6.07) is 6.80. The molecule has 0 fully saturated rings. The molecule has 20 heavy (non-hydrogen) atoms. The van der Waals surface area contributed by atoms with Crippen LogP contribution < -0.4 is 5.32 Å². The fourth-order valence-electron chi connectivity index (χ4n) is 2.78. The molecule has 0 radical (unpaired) electrons. The number of hydrogen-bond donors (Lipinski definition) is 1. The molecular formula is C16H21N3O. The van der Waals surface area contributed by atoms with Crippen LogP contribution in [-0.4, -0.2) is 16.8 Å². The van der Waals surface area contributed by atoms with Gasteiger partial charge in [0, 0.05) is 18.3 Å². The number of rotatable bonds is 5. The molecule has 3 rings (SSSR count). The molecule has 0 aliphatic carbocycles. The van der Waals surface area contributed by atoms with E-state index in [4.69, 9.17) is 4.74 Å². The van der Waals surface area contributed by atoms with Gasteiger partial charge in [0.05, 0.1) is 25.5 Å². The van der Waals surface area contributed by atoms with E-state index in [2.05, 4.69) is 41.7 Å². The van der Waals surface area contributed by atoms with Gasteiger partial charge in [-0.05, 0) is 30.2 Å². The van der Waals surface area contributed by atoms with Gasteiger partial charge in [-0.3, -0.25) is 4.68 Å². The Balaban J connectivity index is 1.88. The largest absolute Gasteiger partial charge is 0.372 e. The van der Waals surface area contributed by atoms with Crippen LogP contribution in [0.2, 0.25) is 0 Å². The van der Waals surface area contributed by atoms with Crippen molar-refractivity contribution < 1.29 is 4.74 Å². The van der Waals surface area contributed by atoms with Crippen molar-refractivity contribution in [3.05, 3.63) is 52.8 Å². The second-order valence-electron chi connectivity index (χ2n) is 5.28. The van der Waals surface area contributed by atoms with E-state index in [1.165, 1.54) is 22.3 Å². The minimum absolute atomic E-state index is 0.187. The van der Waals surface area contributed by atoms with E-state index in [0.717, 1.165) is 26.2 Å². The molecule has 1 aliphatic heterocycles. The van der Waals surface area contributed by atoms with Gasteiger partial charge in [-0.25, -0.2) is 0 Å². The molecule has 1 aromatic carbocycles. The molecule has 0 saturated heterocycles. The molecule has 0 saturated carbocycles. The van der Waals surface area contributed by atoms with Crippen LogP contribution in [0.15, 0.2) is 30.6 Å². The van der Waals surface area contributed by atoms with Crippen molar-refractivity contribution in [2.45, 2.75) is 39.1 Å². The minimum Gasteiger partial charge on any atom is -0.372 e. The molecule has 1 atom stereocenters. The predicted octanol–water partition coefficient (Wildman–Crippen LogP) is 2.63. The van der Waals surface area contributed by atoms with E-state index in [0.29, 0.717) is 0 Å². The van der Waals surface area contributed by atoms with Gasteiger partial charge in [0.1, 0.15) is 0 Å². The van der Waals surface area contributed by atoms with Crippen LogP contribution in [0, 0.1) is 0 Å². The molecule has 106 valence electrons. The zero-order chi connectivity index (χ0) is 13.9. The maximum atomic E-state index is 5.49. The van der Waals surface area contributed by atoms with Gasteiger partial charge in [0.15, 0.2) is 0 Å². The van der Waals surface area contributed by atoms with Crippen molar-refractivity contribution in [2.24, 2.45) is 0 Å². The molecule has 2 aromatic rings. The molecule has 0 amide bonds. The Labute approximate surface area is 119 Å². The first kappa shape index (κ1) is 13.3. The second-order valence-corrected chi connectivity index (χ2v) is 5.28. The Kier molecular flexibility index (Phi) is 3.85. The SMILES string of the molecule is CCCn1cc(C(NC)c2ccc3c(c2)COC3)cn1. The summed E-state index contributed by atoms with van der Waals surface area (Å²) in [6.07, 6.45) is 5.19. The van der Waals surface area contributed by atoms with Crippen LogP contribution in [0.1, 0.15) is 41.6 Å². The summed E-state index contributed by atoms with van der Waals surface area (Å²) in [5, 5.41) is 7.81. The number of aryl methyl sites for hydroxylation is 1. The summed E-state index contributed by atoms with van der Waals surface area (Å²) < 4.78 is 7.50. The summed E-state index contributed by atoms with van der Waals surface area (Å²) in [4.78, 5) is 0. The minimum atomic E-state index is 0.187. The van der Waals surface area contributed by atoms with Crippen LogP contribution in [0.4, 0.5) is 0 Å². The summed E-state index contributed by atoms with van der Waals surface area (Å²) >= 11 is 0. The number of nitrogens with one attached hydrogen (secondary N) is 1. The Morgan fingerprint density at radius 1 is 1.30 bits per heavy atom. The highest BCUT2D eigenvalue weighted by molar-refractivity contribution is 5.38. The van der Waals surface area contributed by atoms with E-state index in [1.807, 2.05) is 17.9 Å². The van der Waals surface area contributed by atoms with E-state index < -0.39 is 0 Å². The molecule has 0 spiro atoms. The van der Waals surface area contributed by atoms with Gasteiger partial charge in [-0.15, -0.1) is 0 Å². The van der Waals surface area contributed by atoms with Crippen molar-refractivity contribution >= 4 is 0 Å². The number of fused-ring (bicyclic) bond motifs is 1. The molecular weight excluding hydrogens is 250 g/mol. The molecule has 4 heteroatoms. The third-order valence-corrected chi connectivity index (χ3v) is 3.81. The molecule has 1 unspecified atom stereocenters. The van der Waals surface area contributed by atoms with E-state index >= 15 is 0 Å². The number of nitrogens with zero attached hydrogens (tertiary/aromatic N) is 2. The van der Waals surface area contributed by atoms with Crippen molar-refractivity contribution in [2.75, 3.05) is 7.05 Å². The Morgan fingerprint density at radius 2 is 2.15 bits per heavy atom. The van der Waals surface area contributed by atoms with E-state index in [1.54, 1.807) is 0 Å². The van der Waals surface area contributed by atoms with Gasteiger partial charge >= 0.3 is 0 Å². The van der Waals surface area contributed by atoms with E-state index in [9.17, 15) is 0 Å². The molecule has 4 nitrogen and oxygen atoms in total. The average Bonchev–Trinajstić information content (AvgIpc) is 3.09. The third-order valence-electron chi connectivity index (χ3n) is 3.81. The lowest BCUT2D eigenvalue weighted by Crippen LogP contribution is -2.17. The maximum Gasteiger partial charge on any atom is 0.0725 e. The highest BCUT2D eigenvalue weighted by Gasteiger charge is 2.17. The molecule has 1 aromatic heterocycles. The van der Waals surface area contributed by atoms with Gasteiger partial charge < -0.3 is 10.1 Å². The lowest BCUT2D eigenvalue weighted by atomic mass is 9.98. The Hall–Kier alpha value is -1.65. The molecule has 1 aliphatic rings. The zero-order valence-corrected chi connectivity index (χ0v) is 12.1. The molecule has 0 bridgehead atoms. The lowest BCUT2D eigenvalue weighted by molar-refractivity contribution is 0.134. The summed E-state index contributed by atoms with van der Waals surface area (Å²) in [5.74, 6) is 0. The van der Waals surface area contributed by atoms with Crippen molar-refractivity contribution in [3.8, 4) is 0 Å². The number of ether oxygens (including phenoxy) is 1. The van der Waals surface area contributed by atoms with Crippen molar-refractivity contribution in [1.82, 2.24) is 15.1 Å².